The Morgan fingerprint density at radius 3 is 2.95 bits per heavy atom. The molecular weight excluding hydrogens is 274 g/mol. The molecule has 22 heavy (non-hydrogen) atoms. The van der Waals surface area contributed by atoms with Crippen LogP contribution in [0.2, 0.25) is 0 Å². The van der Waals surface area contributed by atoms with Crippen LogP contribution in [-0.2, 0) is 11.8 Å². The van der Waals surface area contributed by atoms with Crippen LogP contribution in [0.3, 0.4) is 0 Å². The van der Waals surface area contributed by atoms with Crippen molar-refractivity contribution in [2.75, 3.05) is 20.7 Å². The second-order valence-electron chi connectivity index (χ2n) is 7.36. The normalized spacial score (nSPS) is 35.9. The summed E-state index contributed by atoms with van der Waals surface area (Å²) >= 11 is 0. The number of ether oxygens (including phenoxy) is 2. The fourth-order valence-corrected chi connectivity index (χ4v) is 5.39. The molecule has 1 spiro atoms. The van der Waals surface area contributed by atoms with Gasteiger partial charge in [-0.15, -0.1) is 0 Å². The monoisotopic (exact) mass is 301 g/mol. The highest BCUT2D eigenvalue weighted by Crippen LogP contribution is 2.60. The Morgan fingerprint density at radius 1 is 1.41 bits per heavy atom. The van der Waals surface area contributed by atoms with Crippen molar-refractivity contribution >= 4 is 0 Å². The summed E-state index contributed by atoms with van der Waals surface area (Å²) in [5.74, 6) is 2.61. The van der Waals surface area contributed by atoms with Crippen LogP contribution in [0.4, 0.5) is 0 Å². The summed E-state index contributed by atoms with van der Waals surface area (Å²) in [6, 6.07) is 5.02. The van der Waals surface area contributed by atoms with E-state index in [0.29, 0.717) is 18.1 Å². The lowest BCUT2D eigenvalue weighted by atomic mass is 9.56. The Morgan fingerprint density at radius 2 is 2.23 bits per heavy atom. The summed E-state index contributed by atoms with van der Waals surface area (Å²) in [5, 5.41) is 0. The van der Waals surface area contributed by atoms with Gasteiger partial charge in [0.05, 0.1) is 7.11 Å². The highest BCUT2D eigenvalue weighted by molar-refractivity contribution is 5.60. The number of piperidine rings is 1. The van der Waals surface area contributed by atoms with Gasteiger partial charge in [-0.25, -0.2) is 0 Å². The molecule has 1 aliphatic carbocycles. The highest BCUT2D eigenvalue weighted by atomic mass is 16.5. The fraction of sp³-hybridized carbons (Fsp3) is 0.684. The average molecular weight is 301 g/mol. The van der Waals surface area contributed by atoms with Gasteiger partial charge in [-0.3, -0.25) is 0 Å². The van der Waals surface area contributed by atoms with E-state index in [2.05, 4.69) is 37.9 Å². The first-order valence-electron chi connectivity index (χ1n) is 8.70. The summed E-state index contributed by atoms with van der Waals surface area (Å²) in [4.78, 5) is 2.56. The third-order valence-corrected chi connectivity index (χ3v) is 6.54. The van der Waals surface area contributed by atoms with E-state index in [1.165, 1.54) is 30.5 Å². The van der Waals surface area contributed by atoms with Gasteiger partial charge in [-0.2, -0.15) is 0 Å². The number of methoxy groups -OCH3 is 1. The molecule has 0 amide bonds. The van der Waals surface area contributed by atoms with Crippen LogP contribution in [0.15, 0.2) is 12.1 Å². The van der Waals surface area contributed by atoms with Crippen LogP contribution in [0.5, 0.6) is 11.5 Å². The van der Waals surface area contributed by atoms with Crippen LogP contribution >= 0.6 is 0 Å². The maximum atomic E-state index is 6.53. The Kier molecular flexibility index (Phi) is 3.19. The van der Waals surface area contributed by atoms with Crippen LogP contribution < -0.4 is 9.47 Å². The third kappa shape index (κ3) is 1.61. The lowest BCUT2D eigenvalue weighted by Gasteiger charge is -2.54. The van der Waals surface area contributed by atoms with E-state index in [1.807, 2.05) is 0 Å². The van der Waals surface area contributed by atoms with Crippen molar-refractivity contribution in [1.29, 1.82) is 0 Å². The summed E-state index contributed by atoms with van der Waals surface area (Å²) < 4.78 is 12.1. The molecule has 2 heterocycles. The lowest BCUT2D eigenvalue weighted by molar-refractivity contribution is -0.00876. The smallest absolute Gasteiger partial charge is 0.165 e. The van der Waals surface area contributed by atoms with E-state index in [1.54, 1.807) is 7.11 Å². The second kappa shape index (κ2) is 4.89. The molecule has 120 valence electrons. The van der Waals surface area contributed by atoms with Crippen molar-refractivity contribution < 1.29 is 9.47 Å². The molecule has 2 bridgehead atoms. The van der Waals surface area contributed by atoms with Gasteiger partial charge in [0.1, 0.15) is 6.10 Å². The molecule has 4 rings (SSSR count). The number of hydrogen-bond donors (Lipinski definition) is 0. The Balaban J connectivity index is 1.94. The molecule has 2 aliphatic heterocycles. The van der Waals surface area contributed by atoms with Crippen molar-refractivity contribution in [1.82, 2.24) is 4.90 Å². The van der Waals surface area contributed by atoms with Crippen LogP contribution in [0.1, 0.15) is 44.2 Å². The number of benzene rings is 1. The highest BCUT2D eigenvalue weighted by Gasteiger charge is 2.60. The molecule has 1 unspecified atom stereocenters. The standard InChI is InChI=1S/C19H27NO2/c1-5-6-16-19-9-10-20(3)14(12(19)2)11-13-7-8-15(21-4)18(22-16)17(13)19/h7-8,12,14,16H,5-6,9-11H2,1-4H3/t12-,14?,16-,19+/m0/s1. The second-order valence-corrected chi connectivity index (χ2v) is 7.36. The van der Waals surface area contributed by atoms with E-state index < -0.39 is 0 Å². The minimum Gasteiger partial charge on any atom is -0.493 e. The molecule has 1 aromatic carbocycles. The SMILES string of the molecule is CCC[C@@H]1Oc2c(OC)ccc3c2[C@@]12CCN(C)C(C3)[C@@H]2C. The summed E-state index contributed by atoms with van der Waals surface area (Å²) in [7, 11) is 4.04. The zero-order valence-electron chi connectivity index (χ0n) is 14.2. The van der Waals surface area contributed by atoms with Gasteiger partial charge < -0.3 is 14.4 Å². The Labute approximate surface area is 133 Å². The van der Waals surface area contributed by atoms with Gasteiger partial charge in [0.25, 0.3) is 0 Å². The summed E-state index contributed by atoms with van der Waals surface area (Å²) in [6.07, 6.45) is 4.98. The largest absolute Gasteiger partial charge is 0.493 e. The molecule has 0 saturated carbocycles. The number of likely N-dealkylation sites (tertiary alicyclic amines) is 1. The van der Waals surface area contributed by atoms with Crippen molar-refractivity contribution in [2.45, 2.75) is 57.1 Å². The zero-order valence-corrected chi connectivity index (χ0v) is 14.2. The first-order valence-corrected chi connectivity index (χ1v) is 8.70. The first kappa shape index (κ1) is 14.4. The van der Waals surface area contributed by atoms with Crippen molar-refractivity contribution in [3.8, 4) is 11.5 Å². The van der Waals surface area contributed by atoms with Crippen LogP contribution in [0.25, 0.3) is 0 Å². The molecular formula is C19H27NO2. The molecule has 3 aliphatic rings. The van der Waals surface area contributed by atoms with Gasteiger partial charge >= 0.3 is 0 Å². The van der Waals surface area contributed by atoms with Crippen molar-refractivity contribution in [3.05, 3.63) is 23.3 Å². The van der Waals surface area contributed by atoms with E-state index in [0.717, 1.165) is 24.3 Å². The zero-order chi connectivity index (χ0) is 15.5. The van der Waals surface area contributed by atoms with Crippen LogP contribution in [-0.4, -0.2) is 37.7 Å². The number of rotatable bonds is 3. The fourth-order valence-electron chi connectivity index (χ4n) is 5.39. The average Bonchev–Trinajstić information content (AvgIpc) is 2.83. The topological polar surface area (TPSA) is 21.7 Å². The van der Waals surface area contributed by atoms with E-state index >= 15 is 0 Å². The molecule has 0 radical (unpaired) electrons. The minimum absolute atomic E-state index is 0.199. The molecule has 3 heteroatoms. The number of likely N-dealkylation sites (N-methyl/N-ethyl adjacent to an activating group) is 1. The number of hydrogen-bond acceptors (Lipinski definition) is 3. The predicted molar refractivity (Wildman–Crippen MR) is 87.9 cm³/mol. The maximum Gasteiger partial charge on any atom is 0.165 e. The van der Waals surface area contributed by atoms with Crippen LogP contribution in [0, 0.1) is 5.92 Å². The van der Waals surface area contributed by atoms with Gasteiger partial charge in [-0.05, 0) is 50.4 Å². The first-order chi connectivity index (χ1) is 10.6. The number of fused-ring (bicyclic) bond motifs is 1. The predicted octanol–water partition coefficient (Wildman–Crippen LogP) is 3.39. The van der Waals surface area contributed by atoms with Crippen molar-refractivity contribution in [2.24, 2.45) is 5.92 Å². The Bertz CT molecular complexity index is 599. The van der Waals surface area contributed by atoms with Gasteiger partial charge in [-0.1, -0.05) is 26.3 Å². The molecule has 4 atom stereocenters. The van der Waals surface area contributed by atoms with Gasteiger partial charge in [0.15, 0.2) is 11.5 Å². The third-order valence-electron chi connectivity index (χ3n) is 6.54. The molecule has 3 nitrogen and oxygen atoms in total. The molecule has 1 fully saturated rings. The molecule has 1 saturated heterocycles. The van der Waals surface area contributed by atoms with E-state index in [9.17, 15) is 0 Å². The molecule has 0 aromatic heterocycles. The lowest BCUT2D eigenvalue weighted by Crippen LogP contribution is -2.61. The number of nitrogens with zero attached hydrogens (tertiary/aromatic N) is 1. The van der Waals surface area contributed by atoms with Gasteiger partial charge in [0, 0.05) is 17.0 Å². The summed E-state index contributed by atoms with van der Waals surface area (Å²) in [5.41, 5.74) is 3.18. The Hall–Kier alpha value is -1.22. The maximum absolute atomic E-state index is 6.53. The van der Waals surface area contributed by atoms with E-state index in [-0.39, 0.29) is 5.41 Å². The molecule has 1 aromatic rings. The summed E-state index contributed by atoms with van der Waals surface area (Å²) in [6.45, 7) is 5.89. The van der Waals surface area contributed by atoms with E-state index in [4.69, 9.17) is 9.47 Å². The quantitative estimate of drug-likeness (QED) is 0.854. The molecule has 0 N–H and O–H groups in total. The van der Waals surface area contributed by atoms with Gasteiger partial charge in [0.2, 0.25) is 0 Å². The minimum atomic E-state index is 0.199. The van der Waals surface area contributed by atoms with Crippen molar-refractivity contribution in [3.63, 3.8) is 0 Å².